The summed E-state index contributed by atoms with van der Waals surface area (Å²) >= 11 is 3.07. The summed E-state index contributed by atoms with van der Waals surface area (Å²) in [5.41, 5.74) is 0. The summed E-state index contributed by atoms with van der Waals surface area (Å²) in [6, 6.07) is 3.63. The van der Waals surface area contributed by atoms with Crippen molar-refractivity contribution in [3.8, 4) is 0 Å². The van der Waals surface area contributed by atoms with E-state index in [1.165, 1.54) is 11.3 Å². The molecule has 0 aliphatic carbocycles. The van der Waals surface area contributed by atoms with Crippen molar-refractivity contribution in [1.29, 1.82) is 0 Å². The van der Waals surface area contributed by atoms with Gasteiger partial charge in [-0.1, -0.05) is 12.5 Å². The lowest BCUT2D eigenvalue weighted by Gasteiger charge is -2.16. The van der Waals surface area contributed by atoms with Gasteiger partial charge < -0.3 is 10.6 Å². The van der Waals surface area contributed by atoms with Gasteiger partial charge in [0.15, 0.2) is 0 Å². The number of urea groups is 1. The lowest BCUT2D eigenvalue weighted by Crippen LogP contribution is -2.36. The minimum Gasteiger partial charge on any atom is -0.332 e. The van der Waals surface area contributed by atoms with E-state index in [2.05, 4.69) is 20.4 Å². The highest BCUT2D eigenvalue weighted by atomic mass is 32.2. The van der Waals surface area contributed by atoms with Gasteiger partial charge in [0.1, 0.15) is 4.88 Å². The Labute approximate surface area is 147 Å². The monoisotopic (exact) mass is 370 g/mol. The molecule has 3 rings (SSSR count). The molecule has 0 unspecified atom stereocenters. The SMILES string of the molecule is O=C1N[C@@H]2[C@@H](CS[C@@H]2CCCCC(=O)OOC(=O)c2cccs2)N1. The molecule has 3 heterocycles. The Balaban J connectivity index is 1.29. The summed E-state index contributed by atoms with van der Waals surface area (Å²) in [5, 5.41) is 7.96. The molecule has 9 heteroatoms. The maximum Gasteiger partial charge on any atom is 0.396 e. The molecule has 0 aromatic carbocycles. The average molecular weight is 370 g/mol. The van der Waals surface area contributed by atoms with E-state index >= 15 is 0 Å². The number of nitrogens with one attached hydrogen (secondary N) is 2. The zero-order valence-corrected chi connectivity index (χ0v) is 14.5. The third-order valence-electron chi connectivity index (χ3n) is 3.99. The van der Waals surface area contributed by atoms with Crippen LogP contribution in [-0.4, -0.2) is 41.1 Å². The summed E-state index contributed by atoms with van der Waals surface area (Å²) in [6.07, 6.45) is 2.64. The topological polar surface area (TPSA) is 93.7 Å². The first-order chi connectivity index (χ1) is 11.6. The van der Waals surface area contributed by atoms with Crippen molar-refractivity contribution >= 4 is 41.1 Å². The van der Waals surface area contributed by atoms with E-state index in [-0.39, 0.29) is 24.5 Å². The Morgan fingerprint density at radius 1 is 1.25 bits per heavy atom. The molecule has 1 aromatic heterocycles. The molecular formula is C15H18N2O5S2. The van der Waals surface area contributed by atoms with Gasteiger partial charge in [-0.15, -0.1) is 11.3 Å². The lowest BCUT2D eigenvalue weighted by molar-refractivity contribution is -0.233. The van der Waals surface area contributed by atoms with Gasteiger partial charge in [-0.3, -0.25) is 0 Å². The second-order valence-corrected chi connectivity index (χ2v) is 7.89. The van der Waals surface area contributed by atoms with Crippen LogP contribution in [0.4, 0.5) is 4.79 Å². The molecule has 2 fully saturated rings. The number of thiophene rings is 1. The van der Waals surface area contributed by atoms with Crippen LogP contribution in [0.2, 0.25) is 0 Å². The second-order valence-electron chi connectivity index (χ2n) is 5.67. The standard InChI is InChI=1S/C15H18N2O5S2/c18-12(21-22-14(19)11-5-3-7-23-11)6-2-1-4-10-13-9(8-24-10)16-15(20)17-13/h3,5,7,9-10,13H,1-2,4,6,8H2,(H2,16,17,20)/t9-,10-,13-/m1/s1. The summed E-state index contributed by atoms with van der Waals surface area (Å²) in [6.45, 7) is 0. The van der Waals surface area contributed by atoms with E-state index in [4.69, 9.17) is 0 Å². The van der Waals surface area contributed by atoms with Crippen LogP contribution >= 0.6 is 23.1 Å². The normalized spacial score (nSPS) is 24.8. The molecule has 7 nitrogen and oxygen atoms in total. The fraction of sp³-hybridized carbons (Fsp3) is 0.533. The lowest BCUT2D eigenvalue weighted by atomic mass is 10.0. The van der Waals surface area contributed by atoms with Crippen LogP contribution in [0, 0.1) is 0 Å². The molecule has 1 aromatic rings. The number of carbonyl (C=O) groups excluding carboxylic acids is 3. The van der Waals surface area contributed by atoms with E-state index in [1.54, 1.807) is 17.5 Å². The van der Waals surface area contributed by atoms with E-state index in [0.29, 0.717) is 16.5 Å². The van der Waals surface area contributed by atoms with Gasteiger partial charge >= 0.3 is 18.0 Å². The molecular weight excluding hydrogens is 352 g/mol. The number of carbonyl (C=O) groups is 3. The van der Waals surface area contributed by atoms with Crippen LogP contribution in [0.5, 0.6) is 0 Å². The molecule has 2 N–H and O–H groups in total. The number of rotatable bonds is 6. The van der Waals surface area contributed by atoms with Gasteiger partial charge in [-0.2, -0.15) is 11.8 Å². The first-order valence-corrected chi connectivity index (χ1v) is 9.70. The van der Waals surface area contributed by atoms with Gasteiger partial charge in [0.05, 0.1) is 18.5 Å². The van der Waals surface area contributed by atoms with E-state index < -0.39 is 11.9 Å². The second kappa shape index (κ2) is 7.89. The first kappa shape index (κ1) is 17.1. The highest BCUT2D eigenvalue weighted by Gasteiger charge is 2.42. The average Bonchev–Trinajstić information content (AvgIpc) is 3.27. The molecule has 2 amide bonds. The van der Waals surface area contributed by atoms with E-state index in [9.17, 15) is 14.4 Å². The van der Waals surface area contributed by atoms with Crippen molar-refractivity contribution in [3.63, 3.8) is 0 Å². The Hall–Kier alpha value is -1.74. The van der Waals surface area contributed by atoms with Crippen LogP contribution in [0.15, 0.2) is 17.5 Å². The van der Waals surface area contributed by atoms with Crippen molar-refractivity contribution in [2.45, 2.75) is 43.0 Å². The Morgan fingerprint density at radius 2 is 2.12 bits per heavy atom. The van der Waals surface area contributed by atoms with Crippen LogP contribution in [0.25, 0.3) is 0 Å². The van der Waals surface area contributed by atoms with Crippen LogP contribution < -0.4 is 10.6 Å². The van der Waals surface area contributed by atoms with Crippen molar-refractivity contribution in [2.75, 3.05) is 5.75 Å². The maximum atomic E-state index is 11.6. The molecule has 0 saturated carbocycles. The number of hydrogen-bond acceptors (Lipinski definition) is 7. The molecule has 0 radical (unpaired) electrons. The largest absolute Gasteiger partial charge is 0.396 e. The predicted octanol–water partition coefficient (Wildman–Crippen LogP) is 2.09. The predicted molar refractivity (Wildman–Crippen MR) is 89.8 cm³/mol. The van der Waals surface area contributed by atoms with Crippen molar-refractivity contribution < 1.29 is 24.2 Å². The van der Waals surface area contributed by atoms with E-state index in [0.717, 1.165) is 18.6 Å². The Morgan fingerprint density at radius 3 is 2.92 bits per heavy atom. The Kier molecular flexibility index (Phi) is 5.62. The molecule has 0 bridgehead atoms. The van der Waals surface area contributed by atoms with Gasteiger partial charge in [0, 0.05) is 11.0 Å². The van der Waals surface area contributed by atoms with Gasteiger partial charge in [-0.05, 0) is 24.3 Å². The summed E-state index contributed by atoms with van der Waals surface area (Å²) in [5.74, 6) is -0.279. The number of thioether (sulfide) groups is 1. The van der Waals surface area contributed by atoms with Crippen molar-refractivity contribution in [2.24, 2.45) is 0 Å². The number of amides is 2. The van der Waals surface area contributed by atoms with Crippen molar-refractivity contribution in [1.82, 2.24) is 10.6 Å². The molecule has 2 aliphatic heterocycles. The van der Waals surface area contributed by atoms with Crippen LogP contribution in [0.1, 0.15) is 35.4 Å². The quantitative estimate of drug-likeness (QED) is 0.345. The fourth-order valence-corrected chi connectivity index (χ4v) is 4.95. The third-order valence-corrected chi connectivity index (χ3v) is 6.35. The molecule has 130 valence electrons. The zero-order chi connectivity index (χ0) is 16.9. The molecule has 24 heavy (non-hydrogen) atoms. The van der Waals surface area contributed by atoms with Crippen LogP contribution in [-0.2, 0) is 14.6 Å². The minimum absolute atomic E-state index is 0.0913. The van der Waals surface area contributed by atoms with Gasteiger partial charge in [0.2, 0.25) is 0 Å². The highest BCUT2D eigenvalue weighted by molar-refractivity contribution is 8.00. The first-order valence-electron chi connectivity index (χ1n) is 7.77. The molecule has 2 aliphatic rings. The van der Waals surface area contributed by atoms with Gasteiger partial charge in [0.25, 0.3) is 0 Å². The summed E-state index contributed by atoms with van der Waals surface area (Å²) in [4.78, 5) is 43.8. The number of fused-ring (bicyclic) bond motifs is 1. The third kappa shape index (κ3) is 4.21. The maximum absolute atomic E-state index is 11.6. The highest BCUT2D eigenvalue weighted by Crippen LogP contribution is 2.33. The molecule has 3 atom stereocenters. The zero-order valence-electron chi connectivity index (χ0n) is 12.9. The Bertz CT molecular complexity index is 607. The molecule has 0 spiro atoms. The van der Waals surface area contributed by atoms with Crippen LogP contribution in [0.3, 0.4) is 0 Å². The fourth-order valence-electron chi connectivity index (χ4n) is 2.82. The minimum atomic E-state index is -0.656. The van der Waals surface area contributed by atoms with E-state index in [1.807, 2.05) is 11.8 Å². The molecule has 2 saturated heterocycles. The number of hydrogen-bond donors (Lipinski definition) is 2. The van der Waals surface area contributed by atoms with Crippen molar-refractivity contribution in [3.05, 3.63) is 22.4 Å². The summed E-state index contributed by atoms with van der Waals surface area (Å²) < 4.78 is 0. The number of unbranched alkanes of at least 4 members (excludes halogenated alkanes) is 1. The summed E-state index contributed by atoms with van der Waals surface area (Å²) in [7, 11) is 0. The van der Waals surface area contributed by atoms with Gasteiger partial charge in [-0.25, -0.2) is 24.2 Å². The smallest absolute Gasteiger partial charge is 0.332 e.